The lowest BCUT2D eigenvalue weighted by atomic mass is 10.1. The zero-order valence-corrected chi connectivity index (χ0v) is 13.5. The van der Waals surface area contributed by atoms with Crippen LogP contribution in [0.15, 0.2) is 12.3 Å². The van der Waals surface area contributed by atoms with Crippen LogP contribution in [0.2, 0.25) is 0 Å². The van der Waals surface area contributed by atoms with E-state index in [1.165, 1.54) is 51.4 Å². The highest BCUT2D eigenvalue weighted by molar-refractivity contribution is 5.85. The van der Waals surface area contributed by atoms with E-state index in [1.54, 1.807) is 0 Å². The van der Waals surface area contributed by atoms with Gasteiger partial charge in [-0.3, -0.25) is 0 Å². The van der Waals surface area contributed by atoms with Crippen molar-refractivity contribution in [3.8, 4) is 0 Å². The quantitative estimate of drug-likeness (QED) is 0.367. The van der Waals surface area contributed by atoms with Gasteiger partial charge in [0.25, 0.3) is 0 Å². The van der Waals surface area contributed by atoms with Crippen LogP contribution < -0.4 is 0 Å². The topological polar surface area (TPSA) is 40.5 Å². The third-order valence-corrected chi connectivity index (χ3v) is 3.69. The molecule has 1 N–H and O–H groups in total. The largest absolute Gasteiger partial charge is 0.477 e. The van der Waals surface area contributed by atoms with Crippen molar-refractivity contribution >= 4 is 5.97 Å². The molecule has 0 aliphatic rings. The minimum Gasteiger partial charge on any atom is -0.477 e. The Morgan fingerprint density at radius 2 is 1.25 bits per heavy atom. The molecule has 0 aliphatic carbocycles. The van der Waals surface area contributed by atoms with Crippen molar-refractivity contribution < 1.29 is 9.90 Å². The van der Waals surface area contributed by atoms with Gasteiger partial charge in [-0.2, -0.15) is 0 Å². The smallest absolute Gasteiger partial charge is 0.351 e. The molecule has 0 fully saturated rings. The van der Waals surface area contributed by atoms with E-state index in [0.717, 1.165) is 25.9 Å². The van der Waals surface area contributed by atoms with Crippen LogP contribution in [-0.4, -0.2) is 29.1 Å². The predicted octanol–water partition coefficient (Wildman–Crippen LogP) is 4.83. The van der Waals surface area contributed by atoms with Crippen molar-refractivity contribution in [3.63, 3.8) is 0 Å². The van der Waals surface area contributed by atoms with Crippen molar-refractivity contribution in [2.24, 2.45) is 0 Å². The van der Waals surface area contributed by atoms with Crippen LogP contribution >= 0.6 is 0 Å². The molecular weight excluding hydrogens is 250 g/mol. The number of carboxylic acids is 1. The Morgan fingerprint density at radius 3 is 1.60 bits per heavy atom. The van der Waals surface area contributed by atoms with Gasteiger partial charge in [-0.05, 0) is 12.8 Å². The maximum Gasteiger partial charge on any atom is 0.351 e. The number of hydrogen-bond acceptors (Lipinski definition) is 2. The van der Waals surface area contributed by atoms with Crippen LogP contribution in [0, 0.1) is 0 Å². The van der Waals surface area contributed by atoms with Crippen molar-refractivity contribution in [2.45, 2.75) is 78.1 Å². The van der Waals surface area contributed by atoms with Gasteiger partial charge in [0.05, 0.1) is 0 Å². The van der Waals surface area contributed by atoms with Crippen LogP contribution in [0.4, 0.5) is 0 Å². The van der Waals surface area contributed by atoms with E-state index in [2.05, 4.69) is 20.4 Å². The van der Waals surface area contributed by atoms with Crippen molar-refractivity contribution in [1.82, 2.24) is 4.90 Å². The number of carboxylic acid groups (broad SMARTS) is 1. The molecule has 0 bridgehead atoms. The molecule has 0 heterocycles. The first-order chi connectivity index (χ1) is 9.63. The normalized spacial score (nSPS) is 10.5. The summed E-state index contributed by atoms with van der Waals surface area (Å²) >= 11 is 0. The maximum atomic E-state index is 11.1. The number of unbranched alkanes of at least 4 members (excludes halogenated alkanes) is 8. The van der Waals surface area contributed by atoms with Gasteiger partial charge in [0.2, 0.25) is 0 Å². The van der Waals surface area contributed by atoms with Gasteiger partial charge in [0.1, 0.15) is 5.70 Å². The average Bonchev–Trinajstić information content (AvgIpc) is 2.43. The maximum absolute atomic E-state index is 11.1. The molecule has 3 nitrogen and oxygen atoms in total. The Morgan fingerprint density at radius 1 is 0.850 bits per heavy atom. The van der Waals surface area contributed by atoms with E-state index in [9.17, 15) is 4.79 Å². The highest BCUT2D eigenvalue weighted by Crippen LogP contribution is 2.11. The van der Waals surface area contributed by atoms with E-state index >= 15 is 0 Å². The van der Waals surface area contributed by atoms with Crippen LogP contribution in [0.5, 0.6) is 0 Å². The molecule has 0 saturated heterocycles. The van der Waals surface area contributed by atoms with E-state index < -0.39 is 5.97 Å². The molecule has 0 aromatic heterocycles. The van der Waals surface area contributed by atoms with Crippen LogP contribution in [0.25, 0.3) is 0 Å². The summed E-state index contributed by atoms with van der Waals surface area (Å²) < 4.78 is 0. The molecule has 0 aliphatic heterocycles. The number of rotatable bonds is 14. The Bertz CT molecular complexity index is 250. The first kappa shape index (κ1) is 19.0. The molecule has 0 amide bonds. The van der Waals surface area contributed by atoms with Gasteiger partial charge in [0.15, 0.2) is 0 Å². The fraction of sp³-hybridized carbons (Fsp3) is 0.824. The Balaban J connectivity index is 3.95. The standard InChI is InChI=1S/C17H33NO2/c1-4-6-8-10-12-14-18(16(3)17(19)20)15-13-11-9-7-5-2/h3-15H2,1-2H3,(H,19,20). The fourth-order valence-electron chi connectivity index (χ4n) is 2.33. The zero-order valence-electron chi connectivity index (χ0n) is 13.5. The minimum absolute atomic E-state index is 0.260. The van der Waals surface area contributed by atoms with E-state index in [4.69, 9.17) is 5.11 Å². The second-order valence-corrected chi connectivity index (χ2v) is 5.57. The second-order valence-electron chi connectivity index (χ2n) is 5.57. The molecule has 3 heteroatoms. The van der Waals surface area contributed by atoms with Crippen molar-refractivity contribution in [1.29, 1.82) is 0 Å². The molecule has 0 aromatic carbocycles. The molecule has 20 heavy (non-hydrogen) atoms. The van der Waals surface area contributed by atoms with Gasteiger partial charge in [-0.1, -0.05) is 71.8 Å². The Kier molecular flexibility index (Phi) is 12.4. The van der Waals surface area contributed by atoms with Crippen molar-refractivity contribution in [2.75, 3.05) is 13.1 Å². The molecule has 0 saturated carbocycles. The van der Waals surface area contributed by atoms with Gasteiger partial charge in [-0.25, -0.2) is 4.79 Å². The summed E-state index contributed by atoms with van der Waals surface area (Å²) in [6.07, 6.45) is 12.0. The third kappa shape index (κ3) is 9.88. The molecular formula is C17H33NO2. The average molecular weight is 283 g/mol. The second kappa shape index (κ2) is 13.0. The van der Waals surface area contributed by atoms with Gasteiger partial charge in [0, 0.05) is 13.1 Å². The number of hydrogen-bond donors (Lipinski definition) is 1. The summed E-state index contributed by atoms with van der Waals surface area (Å²) in [5, 5.41) is 9.09. The Labute approximate surface area is 125 Å². The lowest BCUT2D eigenvalue weighted by molar-refractivity contribution is -0.134. The summed E-state index contributed by atoms with van der Waals surface area (Å²) in [7, 11) is 0. The van der Waals surface area contributed by atoms with E-state index in [1.807, 2.05) is 4.90 Å². The summed E-state index contributed by atoms with van der Waals surface area (Å²) in [6.45, 7) is 9.79. The summed E-state index contributed by atoms with van der Waals surface area (Å²) in [6, 6.07) is 0. The van der Waals surface area contributed by atoms with Crippen LogP contribution in [0.1, 0.15) is 78.1 Å². The molecule has 0 unspecified atom stereocenters. The monoisotopic (exact) mass is 283 g/mol. The van der Waals surface area contributed by atoms with E-state index in [0.29, 0.717) is 0 Å². The lowest BCUT2D eigenvalue weighted by Crippen LogP contribution is -2.29. The first-order valence-corrected chi connectivity index (χ1v) is 8.30. The van der Waals surface area contributed by atoms with Crippen LogP contribution in [-0.2, 0) is 4.79 Å². The lowest BCUT2D eigenvalue weighted by Gasteiger charge is -2.24. The number of aliphatic carboxylic acids is 1. The summed E-state index contributed by atoms with van der Waals surface area (Å²) in [5.41, 5.74) is 0.260. The highest BCUT2D eigenvalue weighted by atomic mass is 16.4. The molecule has 0 spiro atoms. The first-order valence-electron chi connectivity index (χ1n) is 8.30. The molecule has 0 atom stereocenters. The minimum atomic E-state index is -0.882. The van der Waals surface area contributed by atoms with Gasteiger partial charge >= 0.3 is 5.97 Å². The predicted molar refractivity (Wildman–Crippen MR) is 85.9 cm³/mol. The van der Waals surface area contributed by atoms with Crippen molar-refractivity contribution in [3.05, 3.63) is 12.3 Å². The highest BCUT2D eigenvalue weighted by Gasteiger charge is 2.13. The molecule has 0 aromatic rings. The zero-order chi connectivity index (χ0) is 15.2. The number of nitrogens with zero attached hydrogens (tertiary/aromatic N) is 1. The molecule has 0 radical (unpaired) electrons. The summed E-state index contributed by atoms with van der Waals surface area (Å²) in [5.74, 6) is -0.882. The molecule has 118 valence electrons. The molecule has 0 rings (SSSR count). The summed E-state index contributed by atoms with van der Waals surface area (Å²) in [4.78, 5) is 13.0. The van der Waals surface area contributed by atoms with Crippen LogP contribution in [0.3, 0.4) is 0 Å². The van der Waals surface area contributed by atoms with E-state index in [-0.39, 0.29) is 5.70 Å². The SMILES string of the molecule is C=C(C(=O)O)N(CCCCCCC)CCCCCCC. The fourth-order valence-corrected chi connectivity index (χ4v) is 2.33. The third-order valence-electron chi connectivity index (χ3n) is 3.69. The number of carbonyl (C=O) groups is 1. The van der Waals surface area contributed by atoms with Gasteiger partial charge < -0.3 is 10.0 Å². The van der Waals surface area contributed by atoms with Gasteiger partial charge in [-0.15, -0.1) is 0 Å². The Hall–Kier alpha value is -0.990.